The van der Waals surface area contributed by atoms with Crippen LogP contribution in [0.4, 0.5) is 15.8 Å². The molecule has 0 radical (unpaired) electrons. The third-order valence-electron chi connectivity index (χ3n) is 6.03. The van der Waals surface area contributed by atoms with Gasteiger partial charge in [0, 0.05) is 36.9 Å². The summed E-state index contributed by atoms with van der Waals surface area (Å²) in [4.78, 5) is 43.9. The fraction of sp³-hybridized carbons (Fsp3) is 0.261. The van der Waals surface area contributed by atoms with Gasteiger partial charge in [-0.25, -0.2) is 9.07 Å². The standard InChI is InChI=1S/C23H20FN5O3/c1-14-22(32)26-21-17-4-2-3-5-18(17)28-20(31)11-13-23(28,29(21)27-14)12-10-19(30)25-16-8-6-15(24)7-9-16/h2-9H,10-13H2,1H3,(H,25,30). The van der Waals surface area contributed by atoms with E-state index in [1.165, 1.54) is 24.3 Å². The van der Waals surface area contributed by atoms with Gasteiger partial charge in [-0.2, -0.15) is 10.1 Å². The van der Waals surface area contributed by atoms with Crippen LogP contribution in [0, 0.1) is 12.7 Å². The molecule has 1 unspecified atom stereocenters. The largest absolute Gasteiger partial charge is 0.326 e. The Morgan fingerprint density at radius 3 is 2.69 bits per heavy atom. The number of rotatable bonds is 4. The maximum absolute atomic E-state index is 13.1. The van der Waals surface area contributed by atoms with E-state index in [0.717, 1.165) is 0 Å². The average molecular weight is 433 g/mol. The van der Waals surface area contributed by atoms with Crippen LogP contribution in [-0.4, -0.2) is 26.6 Å². The second kappa shape index (κ2) is 7.37. The molecule has 1 N–H and O–H groups in total. The third kappa shape index (κ3) is 3.08. The fourth-order valence-corrected chi connectivity index (χ4v) is 4.52. The molecule has 8 nitrogen and oxygen atoms in total. The first-order valence-corrected chi connectivity index (χ1v) is 10.4. The highest BCUT2D eigenvalue weighted by Crippen LogP contribution is 2.49. The van der Waals surface area contributed by atoms with Gasteiger partial charge in [-0.3, -0.25) is 19.3 Å². The molecule has 3 aromatic rings. The van der Waals surface area contributed by atoms with Crippen molar-refractivity contribution in [2.24, 2.45) is 0 Å². The molecular formula is C23H20FN5O3. The number of para-hydroxylation sites is 1. The number of benzene rings is 2. The van der Waals surface area contributed by atoms with Gasteiger partial charge < -0.3 is 5.32 Å². The molecule has 32 heavy (non-hydrogen) atoms. The first-order chi connectivity index (χ1) is 15.4. The van der Waals surface area contributed by atoms with Crippen molar-refractivity contribution in [2.45, 2.75) is 38.3 Å². The zero-order valence-corrected chi connectivity index (χ0v) is 17.3. The Morgan fingerprint density at radius 1 is 1.16 bits per heavy atom. The van der Waals surface area contributed by atoms with Crippen molar-refractivity contribution in [1.29, 1.82) is 0 Å². The van der Waals surface area contributed by atoms with E-state index in [-0.39, 0.29) is 36.2 Å². The number of amides is 2. The highest BCUT2D eigenvalue weighted by molar-refractivity contribution is 6.01. The molecule has 1 fully saturated rings. The summed E-state index contributed by atoms with van der Waals surface area (Å²) in [6, 6.07) is 12.8. The lowest BCUT2D eigenvalue weighted by atomic mass is 9.95. The number of hydrogen-bond donors (Lipinski definition) is 1. The normalized spacial score (nSPS) is 18.7. The lowest BCUT2D eigenvalue weighted by molar-refractivity contribution is -0.119. The van der Waals surface area contributed by atoms with E-state index in [2.05, 4.69) is 15.4 Å². The molecule has 1 saturated heterocycles. The first kappa shape index (κ1) is 20.0. The monoisotopic (exact) mass is 433 g/mol. The van der Waals surface area contributed by atoms with Crippen molar-refractivity contribution in [2.75, 3.05) is 10.2 Å². The average Bonchev–Trinajstić information content (AvgIpc) is 3.13. The topological polar surface area (TPSA) is 97.2 Å². The van der Waals surface area contributed by atoms with Crippen molar-refractivity contribution >= 4 is 23.2 Å². The summed E-state index contributed by atoms with van der Waals surface area (Å²) in [5.41, 5.74) is 0.662. The van der Waals surface area contributed by atoms with Crippen LogP contribution < -0.4 is 15.8 Å². The zero-order valence-electron chi connectivity index (χ0n) is 17.3. The number of aromatic nitrogens is 3. The van der Waals surface area contributed by atoms with E-state index in [0.29, 0.717) is 35.6 Å². The van der Waals surface area contributed by atoms with Crippen LogP contribution in [-0.2, 0) is 15.3 Å². The quantitative estimate of drug-likeness (QED) is 0.682. The molecule has 0 aliphatic carbocycles. The molecule has 0 spiro atoms. The molecule has 1 atom stereocenters. The summed E-state index contributed by atoms with van der Waals surface area (Å²) < 4.78 is 14.8. The van der Waals surface area contributed by atoms with Crippen LogP contribution >= 0.6 is 0 Å². The second-order valence-corrected chi connectivity index (χ2v) is 8.02. The minimum absolute atomic E-state index is 0.0693. The van der Waals surface area contributed by atoms with E-state index in [4.69, 9.17) is 0 Å². The molecule has 9 heteroatoms. The number of carbonyl (C=O) groups is 2. The Kier molecular flexibility index (Phi) is 4.61. The van der Waals surface area contributed by atoms with Gasteiger partial charge >= 0.3 is 0 Å². The lowest BCUT2D eigenvalue weighted by Gasteiger charge is -2.44. The Hall–Kier alpha value is -3.88. The number of nitrogens with one attached hydrogen (secondary N) is 1. The number of nitrogens with zero attached hydrogens (tertiary/aromatic N) is 4. The van der Waals surface area contributed by atoms with Gasteiger partial charge in [0.05, 0.1) is 5.69 Å². The zero-order chi connectivity index (χ0) is 22.5. The molecule has 162 valence electrons. The van der Waals surface area contributed by atoms with Crippen LogP contribution in [0.25, 0.3) is 11.4 Å². The van der Waals surface area contributed by atoms with Crippen LogP contribution in [0.15, 0.2) is 53.3 Å². The summed E-state index contributed by atoms with van der Waals surface area (Å²) in [6.45, 7) is 1.58. The SMILES string of the molecule is Cc1nn2c(nc1=O)-c1ccccc1N1C(=O)CCC12CCC(=O)Nc1ccc(F)cc1. The van der Waals surface area contributed by atoms with E-state index >= 15 is 0 Å². The number of carbonyl (C=O) groups excluding carboxylic acids is 2. The smallest absolute Gasteiger partial charge is 0.294 e. The third-order valence-corrected chi connectivity index (χ3v) is 6.03. The Balaban J connectivity index is 1.54. The van der Waals surface area contributed by atoms with Crippen LogP contribution in [0.2, 0.25) is 0 Å². The maximum Gasteiger partial charge on any atom is 0.294 e. The number of halogens is 1. The van der Waals surface area contributed by atoms with Gasteiger partial charge in [0.25, 0.3) is 5.56 Å². The van der Waals surface area contributed by atoms with Crippen LogP contribution in [0.3, 0.4) is 0 Å². The first-order valence-electron chi connectivity index (χ1n) is 10.4. The molecule has 0 saturated carbocycles. The van der Waals surface area contributed by atoms with Gasteiger partial charge in [0.2, 0.25) is 11.8 Å². The molecule has 1 aromatic heterocycles. The summed E-state index contributed by atoms with van der Waals surface area (Å²) in [5.74, 6) is -0.333. The lowest BCUT2D eigenvalue weighted by Crippen LogP contribution is -2.53. The Labute approximate surface area is 182 Å². The number of anilines is 2. The van der Waals surface area contributed by atoms with Crippen LogP contribution in [0.1, 0.15) is 31.4 Å². The maximum atomic E-state index is 13.1. The molecule has 0 bridgehead atoms. The predicted molar refractivity (Wildman–Crippen MR) is 115 cm³/mol. The van der Waals surface area contributed by atoms with Crippen molar-refractivity contribution in [3.8, 4) is 11.4 Å². The Morgan fingerprint density at radius 2 is 1.91 bits per heavy atom. The molecule has 2 aliphatic rings. The van der Waals surface area contributed by atoms with E-state index in [9.17, 15) is 18.8 Å². The van der Waals surface area contributed by atoms with Gasteiger partial charge in [-0.1, -0.05) is 12.1 Å². The van der Waals surface area contributed by atoms with E-state index in [1.54, 1.807) is 22.6 Å². The van der Waals surface area contributed by atoms with Crippen molar-refractivity contribution in [3.63, 3.8) is 0 Å². The van der Waals surface area contributed by atoms with Gasteiger partial charge in [0.15, 0.2) is 5.82 Å². The summed E-state index contributed by atoms with van der Waals surface area (Å²) in [7, 11) is 0. The van der Waals surface area contributed by atoms with Crippen LogP contribution in [0.5, 0.6) is 0 Å². The minimum Gasteiger partial charge on any atom is -0.326 e. The highest BCUT2D eigenvalue weighted by Gasteiger charge is 2.52. The number of fused-ring (bicyclic) bond motifs is 6. The predicted octanol–water partition coefficient (Wildman–Crippen LogP) is 2.96. The second-order valence-electron chi connectivity index (χ2n) is 8.02. The molecule has 2 aromatic carbocycles. The van der Waals surface area contributed by atoms with Crippen molar-refractivity contribution < 1.29 is 14.0 Å². The van der Waals surface area contributed by atoms with Gasteiger partial charge in [-0.05, 0) is 43.3 Å². The molecule has 3 heterocycles. The minimum atomic E-state index is -0.938. The van der Waals surface area contributed by atoms with Gasteiger partial charge in [0.1, 0.15) is 17.2 Å². The summed E-state index contributed by atoms with van der Waals surface area (Å²) in [6.07, 6.45) is 1.11. The molecule has 5 rings (SSSR count). The summed E-state index contributed by atoms with van der Waals surface area (Å²) >= 11 is 0. The number of aryl methyl sites for hydroxylation is 1. The number of hydrogen-bond acceptors (Lipinski definition) is 5. The Bertz CT molecular complexity index is 1300. The highest BCUT2D eigenvalue weighted by atomic mass is 19.1. The molecule has 2 aliphatic heterocycles. The van der Waals surface area contributed by atoms with Gasteiger partial charge in [-0.15, -0.1) is 0 Å². The summed E-state index contributed by atoms with van der Waals surface area (Å²) in [5, 5.41) is 7.26. The van der Waals surface area contributed by atoms with Crippen molar-refractivity contribution in [1.82, 2.24) is 14.8 Å². The molecular weight excluding hydrogens is 413 g/mol. The fourth-order valence-electron chi connectivity index (χ4n) is 4.52. The van der Waals surface area contributed by atoms with E-state index in [1.807, 2.05) is 18.2 Å². The van der Waals surface area contributed by atoms with Crippen molar-refractivity contribution in [3.05, 3.63) is 70.4 Å². The molecule has 2 amide bonds. The van der Waals surface area contributed by atoms with E-state index < -0.39 is 11.2 Å².